The minimum absolute atomic E-state index is 0.0866. The van der Waals surface area contributed by atoms with Gasteiger partial charge in [0.2, 0.25) is 5.90 Å². The zero-order valence-electron chi connectivity index (χ0n) is 17.3. The molecule has 0 saturated heterocycles. The molecule has 1 aromatic rings. The maximum atomic E-state index is 13.1. The van der Waals surface area contributed by atoms with Crippen LogP contribution in [0.15, 0.2) is 46.5 Å². The Morgan fingerprint density at radius 2 is 1.57 bits per heavy atom. The Hall–Kier alpha value is -3.16. The fourth-order valence-electron chi connectivity index (χ4n) is 3.92. The molecule has 0 aromatic heterocycles. The molecule has 0 radical (unpaired) electrons. The van der Waals surface area contributed by atoms with E-state index in [0.717, 1.165) is 39.2 Å². The number of carbonyl (C=O) groups is 3. The number of benzene rings is 1. The summed E-state index contributed by atoms with van der Waals surface area (Å²) in [6.07, 6.45) is 4.77. The van der Waals surface area contributed by atoms with E-state index in [1.54, 1.807) is 30.3 Å². The summed E-state index contributed by atoms with van der Waals surface area (Å²) in [5.74, 6) is -2.72. The minimum Gasteiger partial charge on any atom is -0.466 e. The third kappa shape index (κ3) is 3.69. The summed E-state index contributed by atoms with van der Waals surface area (Å²) in [7, 11) is 3.52. The number of hydrogen-bond donors (Lipinski definition) is 0. The Morgan fingerprint density at radius 1 is 0.933 bits per heavy atom. The third-order valence-electron chi connectivity index (χ3n) is 5.37. The van der Waals surface area contributed by atoms with Crippen molar-refractivity contribution in [2.75, 3.05) is 21.3 Å². The molecule has 1 heterocycles. The van der Waals surface area contributed by atoms with Crippen LogP contribution in [0.4, 0.5) is 0 Å². The molecule has 1 atom stereocenters. The van der Waals surface area contributed by atoms with E-state index in [2.05, 4.69) is 4.99 Å². The van der Waals surface area contributed by atoms with E-state index in [-0.39, 0.29) is 23.1 Å². The zero-order chi connectivity index (χ0) is 21.7. The predicted molar refractivity (Wildman–Crippen MR) is 107 cm³/mol. The lowest BCUT2D eigenvalue weighted by Crippen LogP contribution is -2.42. The SMILES string of the molecule is COC(=O)C1=C(C(=O)OC)C(C(=O)OC)(c2ccccc2)OC1=NC1CCCCC1. The first-order valence-corrected chi connectivity index (χ1v) is 9.82. The van der Waals surface area contributed by atoms with Gasteiger partial charge >= 0.3 is 17.9 Å². The fraction of sp³-hybridized carbons (Fsp3) is 0.455. The van der Waals surface area contributed by atoms with Crippen LogP contribution in [0, 0.1) is 0 Å². The minimum atomic E-state index is -2.03. The maximum Gasteiger partial charge on any atom is 0.360 e. The van der Waals surface area contributed by atoms with Crippen LogP contribution in [0.5, 0.6) is 0 Å². The second-order valence-electron chi connectivity index (χ2n) is 7.10. The largest absolute Gasteiger partial charge is 0.466 e. The normalized spacial score (nSPS) is 23.1. The molecule has 1 aliphatic carbocycles. The first kappa shape index (κ1) is 21.5. The van der Waals surface area contributed by atoms with Gasteiger partial charge in [-0.3, -0.25) is 0 Å². The molecule has 1 aliphatic heterocycles. The summed E-state index contributed by atoms with van der Waals surface area (Å²) in [5, 5.41) is 0. The molecule has 1 saturated carbocycles. The highest BCUT2D eigenvalue weighted by Crippen LogP contribution is 2.44. The Bertz CT molecular complexity index is 884. The van der Waals surface area contributed by atoms with Crippen molar-refractivity contribution in [3.05, 3.63) is 47.0 Å². The highest BCUT2D eigenvalue weighted by atomic mass is 16.6. The van der Waals surface area contributed by atoms with E-state index in [1.807, 2.05) is 0 Å². The summed E-state index contributed by atoms with van der Waals surface area (Å²) in [6.45, 7) is 0. The molecule has 8 heteroatoms. The molecule has 1 aromatic carbocycles. The van der Waals surface area contributed by atoms with Crippen LogP contribution < -0.4 is 0 Å². The maximum absolute atomic E-state index is 13.1. The number of hydrogen-bond acceptors (Lipinski definition) is 8. The van der Waals surface area contributed by atoms with Crippen LogP contribution in [0.3, 0.4) is 0 Å². The second-order valence-corrected chi connectivity index (χ2v) is 7.10. The molecule has 160 valence electrons. The van der Waals surface area contributed by atoms with Gasteiger partial charge in [-0.25, -0.2) is 19.4 Å². The quantitative estimate of drug-likeness (QED) is 0.538. The van der Waals surface area contributed by atoms with E-state index in [4.69, 9.17) is 18.9 Å². The Labute approximate surface area is 174 Å². The molecule has 0 spiro atoms. The molecule has 0 N–H and O–H groups in total. The smallest absolute Gasteiger partial charge is 0.360 e. The molecule has 0 amide bonds. The molecule has 8 nitrogen and oxygen atoms in total. The van der Waals surface area contributed by atoms with E-state index in [1.165, 1.54) is 14.2 Å². The number of aliphatic imine (C=N–C) groups is 1. The molecule has 0 bridgehead atoms. The average molecular weight is 415 g/mol. The van der Waals surface area contributed by atoms with Crippen LogP contribution in [0.2, 0.25) is 0 Å². The van der Waals surface area contributed by atoms with Crippen LogP contribution in [-0.2, 0) is 38.9 Å². The number of rotatable bonds is 5. The zero-order valence-corrected chi connectivity index (χ0v) is 17.3. The van der Waals surface area contributed by atoms with Gasteiger partial charge in [0, 0.05) is 5.56 Å². The first-order valence-electron chi connectivity index (χ1n) is 9.82. The number of methoxy groups -OCH3 is 3. The lowest BCUT2D eigenvalue weighted by Gasteiger charge is -2.28. The molecule has 1 fully saturated rings. The van der Waals surface area contributed by atoms with Crippen LogP contribution in [0.1, 0.15) is 37.7 Å². The van der Waals surface area contributed by atoms with Crippen molar-refractivity contribution in [2.45, 2.75) is 43.7 Å². The Balaban J connectivity index is 2.29. The number of carbonyl (C=O) groups excluding carboxylic acids is 3. The standard InChI is InChI=1S/C22H25NO7/c1-27-19(24)16-17(20(25)28-2)22(21(26)29-3,14-10-6-4-7-11-14)30-18(16)23-15-12-8-5-9-13-15/h4,6-7,10-11,15H,5,8-9,12-13H2,1-3H3. The van der Waals surface area contributed by atoms with Gasteiger partial charge in [-0.1, -0.05) is 49.6 Å². The van der Waals surface area contributed by atoms with Crippen LogP contribution in [0.25, 0.3) is 0 Å². The summed E-state index contributed by atoms with van der Waals surface area (Å²) in [5.41, 5.74) is -2.23. The summed E-state index contributed by atoms with van der Waals surface area (Å²) in [4.78, 5) is 43.3. The number of nitrogens with zero attached hydrogens (tertiary/aromatic N) is 1. The van der Waals surface area contributed by atoms with Gasteiger partial charge in [-0.2, -0.15) is 0 Å². The lowest BCUT2D eigenvalue weighted by molar-refractivity contribution is -0.160. The number of esters is 3. The number of ether oxygens (including phenoxy) is 4. The van der Waals surface area contributed by atoms with Gasteiger partial charge in [0.25, 0.3) is 5.60 Å². The van der Waals surface area contributed by atoms with Crippen molar-refractivity contribution >= 4 is 23.8 Å². The Kier molecular flexibility index (Phi) is 6.54. The third-order valence-corrected chi connectivity index (χ3v) is 5.37. The summed E-state index contributed by atoms with van der Waals surface area (Å²) >= 11 is 0. The van der Waals surface area contributed by atoms with E-state index in [9.17, 15) is 14.4 Å². The van der Waals surface area contributed by atoms with Gasteiger partial charge in [0.15, 0.2) is 0 Å². The van der Waals surface area contributed by atoms with E-state index < -0.39 is 23.5 Å². The topological polar surface area (TPSA) is 100 Å². The van der Waals surface area contributed by atoms with Crippen molar-refractivity contribution < 1.29 is 33.3 Å². The highest BCUT2D eigenvalue weighted by molar-refractivity contribution is 6.26. The van der Waals surface area contributed by atoms with Crippen molar-refractivity contribution in [3.63, 3.8) is 0 Å². The molecule has 3 rings (SSSR count). The lowest BCUT2D eigenvalue weighted by atomic mass is 9.84. The van der Waals surface area contributed by atoms with Gasteiger partial charge in [0.05, 0.1) is 27.4 Å². The van der Waals surface area contributed by atoms with Crippen LogP contribution in [-0.4, -0.2) is 51.2 Å². The van der Waals surface area contributed by atoms with Crippen molar-refractivity contribution in [1.82, 2.24) is 0 Å². The van der Waals surface area contributed by atoms with Gasteiger partial charge in [-0.05, 0) is 12.8 Å². The monoisotopic (exact) mass is 415 g/mol. The van der Waals surface area contributed by atoms with Crippen molar-refractivity contribution in [3.8, 4) is 0 Å². The molecular weight excluding hydrogens is 390 g/mol. The molecule has 30 heavy (non-hydrogen) atoms. The summed E-state index contributed by atoms with van der Waals surface area (Å²) in [6, 6.07) is 8.26. The van der Waals surface area contributed by atoms with Crippen LogP contribution >= 0.6 is 0 Å². The highest BCUT2D eigenvalue weighted by Gasteiger charge is 2.60. The predicted octanol–water partition coefficient (Wildman–Crippen LogP) is 2.46. The molecule has 1 unspecified atom stereocenters. The van der Waals surface area contributed by atoms with Gasteiger partial charge in [-0.15, -0.1) is 0 Å². The van der Waals surface area contributed by atoms with Gasteiger partial charge < -0.3 is 18.9 Å². The first-order chi connectivity index (χ1) is 14.5. The van der Waals surface area contributed by atoms with E-state index in [0.29, 0.717) is 5.56 Å². The average Bonchev–Trinajstić information content (AvgIpc) is 3.14. The van der Waals surface area contributed by atoms with E-state index >= 15 is 0 Å². The van der Waals surface area contributed by atoms with Crippen molar-refractivity contribution in [1.29, 1.82) is 0 Å². The van der Waals surface area contributed by atoms with Crippen molar-refractivity contribution in [2.24, 2.45) is 4.99 Å². The van der Waals surface area contributed by atoms with Gasteiger partial charge in [0.1, 0.15) is 11.1 Å². The molecular formula is C22H25NO7. The molecule has 2 aliphatic rings. The fourth-order valence-corrected chi connectivity index (χ4v) is 3.92. The second kappa shape index (κ2) is 9.11. The Morgan fingerprint density at radius 3 is 2.13 bits per heavy atom. The summed E-state index contributed by atoms with van der Waals surface area (Å²) < 4.78 is 20.9.